The van der Waals surface area contributed by atoms with Crippen molar-refractivity contribution in [2.45, 2.75) is 0 Å². The summed E-state index contributed by atoms with van der Waals surface area (Å²) in [6, 6.07) is 18.3. The van der Waals surface area contributed by atoms with Gasteiger partial charge >= 0.3 is 0 Å². The number of halogens is 1. The number of nitrogens with one attached hydrogen (secondary N) is 1. The van der Waals surface area contributed by atoms with Crippen LogP contribution in [0.1, 0.15) is 10.4 Å². The highest BCUT2D eigenvalue weighted by Gasteiger charge is 2.15. The Hall–Kier alpha value is -3.31. The van der Waals surface area contributed by atoms with Crippen molar-refractivity contribution in [2.75, 3.05) is 5.32 Å². The molecule has 0 atom stereocenters. The summed E-state index contributed by atoms with van der Waals surface area (Å²) >= 11 is 6.31. The number of nitrogens with zero attached hydrogens (tertiary/aromatic N) is 3. The molecule has 0 fully saturated rings. The van der Waals surface area contributed by atoms with Gasteiger partial charge < -0.3 is 0 Å². The van der Waals surface area contributed by atoms with Gasteiger partial charge in [0.2, 0.25) is 5.95 Å². The van der Waals surface area contributed by atoms with Gasteiger partial charge in [0.15, 0.2) is 0 Å². The molecule has 0 radical (unpaired) electrons. The number of aromatic nitrogens is 3. The van der Waals surface area contributed by atoms with Crippen LogP contribution in [0.4, 0.5) is 5.95 Å². The predicted octanol–water partition coefficient (Wildman–Crippen LogP) is 4.60. The van der Waals surface area contributed by atoms with Crippen molar-refractivity contribution in [1.29, 1.82) is 0 Å². The van der Waals surface area contributed by atoms with Crippen LogP contribution in [0.2, 0.25) is 5.02 Å². The average molecular weight is 361 g/mol. The van der Waals surface area contributed by atoms with Gasteiger partial charge in [0.05, 0.1) is 16.8 Å². The van der Waals surface area contributed by atoms with Gasteiger partial charge in [-0.3, -0.25) is 10.1 Å². The standard InChI is InChI=1S/C20H13ClN4O/c21-16-8-3-1-7-14(16)18-12-15(13-6-2-4-9-17(13)24-18)19(26)25-20-22-10-5-11-23-20/h1-12H,(H,22,23,25,26). The van der Waals surface area contributed by atoms with Crippen LogP contribution in [0.3, 0.4) is 0 Å². The molecule has 2 aromatic carbocycles. The maximum absolute atomic E-state index is 12.8. The quantitative estimate of drug-likeness (QED) is 0.580. The highest BCUT2D eigenvalue weighted by molar-refractivity contribution is 6.33. The van der Waals surface area contributed by atoms with Crippen LogP contribution in [-0.4, -0.2) is 20.9 Å². The fourth-order valence-electron chi connectivity index (χ4n) is 2.70. The SMILES string of the molecule is O=C(Nc1ncccn1)c1cc(-c2ccccc2Cl)nc2ccccc12. The highest BCUT2D eigenvalue weighted by Crippen LogP contribution is 2.29. The molecular formula is C20H13ClN4O. The summed E-state index contributed by atoms with van der Waals surface area (Å²) in [6.45, 7) is 0. The van der Waals surface area contributed by atoms with Crippen molar-refractivity contribution in [3.8, 4) is 11.3 Å². The first kappa shape index (κ1) is 16.2. The third-order valence-electron chi connectivity index (χ3n) is 3.90. The van der Waals surface area contributed by atoms with Crippen LogP contribution in [0.25, 0.3) is 22.2 Å². The van der Waals surface area contributed by atoms with Crippen LogP contribution < -0.4 is 5.32 Å². The predicted molar refractivity (Wildman–Crippen MR) is 102 cm³/mol. The lowest BCUT2D eigenvalue weighted by Gasteiger charge is -2.10. The number of anilines is 1. The van der Waals surface area contributed by atoms with Gasteiger partial charge in [-0.15, -0.1) is 0 Å². The number of fused-ring (bicyclic) bond motifs is 1. The molecule has 0 saturated carbocycles. The van der Waals surface area contributed by atoms with E-state index in [-0.39, 0.29) is 11.9 Å². The van der Waals surface area contributed by atoms with Crippen LogP contribution >= 0.6 is 11.6 Å². The van der Waals surface area contributed by atoms with Gasteiger partial charge in [-0.1, -0.05) is 48.0 Å². The van der Waals surface area contributed by atoms with Crippen molar-refractivity contribution < 1.29 is 4.79 Å². The van der Waals surface area contributed by atoms with Gasteiger partial charge in [-0.05, 0) is 24.3 Å². The molecule has 1 N–H and O–H groups in total. The summed E-state index contributed by atoms with van der Waals surface area (Å²) in [5.74, 6) is -0.0548. The Kier molecular flexibility index (Phi) is 4.29. The second-order valence-corrected chi connectivity index (χ2v) is 5.99. The van der Waals surface area contributed by atoms with E-state index >= 15 is 0 Å². The molecule has 4 rings (SSSR count). The van der Waals surface area contributed by atoms with E-state index in [0.717, 1.165) is 10.9 Å². The first-order chi connectivity index (χ1) is 12.7. The van der Waals surface area contributed by atoms with Gasteiger partial charge in [0, 0.05) is 28.4 Å². The maximum atomic E-state index is 12.8. The monoisotopic (exact) mass is 360 g/mol. The van der Waals surface area contributed by atoms with E-state index in [1.165, 1.54) is 0 Å². The van der Waals surface area contributed by atoms with Crippen molar-refractivity contribution in [3.63, 3.8) is 0 Å². The third kappa shape index (κ3) is 3.12. The number of hydrogen-bond donors (Lipinski definition) is 1. The molecule has 0 aliphatic rings. The summed E-state index contributed by atoms with van der Waals surface area (Å²) in [6.07, 6.45) is 3.14. The zero-order valence-electron chi connectivity index (χ0n) is 13.6. The van der Waals surface area contributed by atoms with Crippen LogP contribution in [-0.2, 0) is 0 Å². The second-order valence-electron chi connectivity index (χ2n) is 5.58. The van der Waals surface area contributed by atoms with Crippen molar-refractivity contribution in [2.24, 2.45) is 0 Å². The molecule has 0 bridgehead atoms. The van der Waals surface area contributed by atoms with Gasteiger partial charge in [0.25, 0.3) is 5.91 Å². The van der Waals surface area contributed by atoms with E-state index in [1.54, 1.807) is 30.6 Å². The number of para-hydroxylation sites is 1. The number of pyridine rings is 1. The minimum absolute atomic E-state index is 0.248. The number of carbonyl (C=O) groups is 1. The number of hydrogen-bond acceptors (Lipinski definition) is 4. The molecule has 0 unspecified atom stereocenters. The van der Waals surface area contributed by atoms with E-state index in [1.807, 2.05) is 42.5 Å². The average Bonchev–Trinajstić information content (AvgIpc) is 2.68. The third-order valence-corrected chi connectivity index (χ3v) is 4.23. The minimum Gasteiger partial charge on any atom is -0.290 e. The number of rotatable bonds is 3. The Balaban J connectivity index is 1.85. The lowest BCUT2D eigenvalue weighted by atomic mass is 10.0. The molecule has 126 valence electrons. The summed E-state index contributed by atoms with van der Waals surface area (Å²) in [5.41, 5.74) is 2.60. The molecule has 4 aromatic rings. The molecule has 26 heavy (non-hydrogen) atoms. The van der Waals surface area contributed by atoms with Crippen LogP contribution in [0.15, 0.2) is 73.1 Å². The Morgan fingerprint density at radius 2 is 1.65 bits per heavy atom. The summed E-state index contributed by atoms with van der Waals surface area (Å²) < 4.78 is 0. The Morgan fingerprint density at radius 1 is 0.923 bits per heavy atom. The van der Waals surface area contributed by atoms with E-state index in [0.29, 0.717) is 21.8 Å². The van der Waals surface area contributed by atoms with Gasteiger partial charge in [0.1, 0.15) is 0 Å². The zero-order valence-corrected chi connectivity index (χ0v) is 14.3. The first-order valence-corrected chi connectivity index (χ1v) is 8.33. The number of amides is 1. The Morgan fingerprint density at radius 3 is 2.46 bits per heavy atom. The topological polar surface area (TPSA) is 67.8 Å². The van der Waals surface area contributed by atoms with Crippen LogP contribution in [0.5, 0.6) is 0 Å². The molecule has 2 heterocycles. The largest absolute Gasteiger partial charge is 0.290 e. The van der Waals surface area contributed by atoms with E-state index in [2.05, 4.69) is 20.3 Å². The lowest BCUT2D eigenvalue weighted by molar-refractivity contribution is 0.102. The Bertz CT molecular complexity index is 1100. The lowest BCUT2D eigenvalue weighted by Crippen LogP contribution is -2.15. The molecule has 2 aromatic heterocycles. The molecule has 0 saturated heterocycles. The van der Waals surface area contributed by atoms with Gasteiger partial charge in [-0.25, -0.2) is 15.0 Å². The van der Waals surface area contributed by atoms with Crippen molar-refractivity contribution >= 4 is 34.4 Å². The zero-order chi connectivity index (χ0) is 17.9. The molecule has 0 aliphatic carbocycles. The fourth-order valence-corrected chi connectivity index (χ4v) is 2.94. The molecule has 0 aliphatic heterocycles. The second kappa shape index (κ2) is 6.90. The van der Waals surface area contributed by atoms with Gasteiger partial charge in [-0.2, -0.15) is 0 Å². The highest BCUT2D eigenvalue weighted by atomic mass is 35.5. The number of benzene rings is 2. The van der Waals surface area contributed by atoms with E-state index in [4.69, 9.17) is 11.6 Å². The van der Waals surface area contributed by atoms with Crippen LogP contribution in [0, 0.1) is 0 Å². The molecule has 1 amide bonds. The molecule has 5 nitrogen and oxygen atoms in total. The van der Waals surface area contributed by atoms with E-state index < -0.39 is 0 Å². The normalized spacial score (nSPS) is 10.7. The smallest absolute Gasteiger partial charge is 0.258 e. The first-order valence-electron chi connectivity index (χ1n) is 7.95. The number of carbonyl (C=O) groups excluding carboxylic acids is 1. The molecular weight excluding hydrogens is 348 g/mol. The summed E-state index contributed by atoms with van der Waals surface area (Å²) in [5, 5.41) is 4.05. The molecule has 6 heteroatoms. The summed E-state index contributed by atoms with van der Waals surface area (Å²) in [4.78, 5) is 25.6. The van der Waals surface area contributed by atoms with Crippen molar-refractivity contribution in [1.82, 2.24) is 15.0 Å². The minimum atomic E-state index is -0.303. The van der Waals surface area contributed by atoms with Crippen molar-refractivity contribution in [3.05, 3.63) is 83.6 Å². The summed E-state index contributed by atoms with van der Waals surface area (Å²) in [7, 11) is 0. The maximum Gasteiger partial charge on any atom is 0.258 e. The molecule has 0 spiro atoms. The van der Waals surface area contributed by atoms with E-state index in [9.17, 15) is 4.79 Å². The Labute approximate surface area is 154 Å². The fraction of sp³-hybridized carbons (Fsp3) is 0.